The van der Waals surface area contributed by atoms with E-state index in [1.54, 1.807) is 6.07 Å². The van der Waals surface area contributed by atoms with Gasteiger partial charge in [-0.3, -0.25) is 0 Å². The molecule has 2 aliphatic rings. The Labute approximate surface area is 186 Å². The van der Waals surface area contributed by atoms with E-state index >= 15 is 0 Å². The standard InChI is InChI=1S/C24H29F2N3O3/c1-24(2,17-3-6-21-22(11-17)32-10-9-31-21)15-28-23(30)27-13-16-7-8-29(14-16)18-4-5-19(25)20(26)12-18/h3-6,11-12,16H,7-10,13-15H2,1-2H3,(H2,27,28,30). The van der Waals surface area contributed by atoms with E-state index in [1.807, 2.05) is 23.1 Å². The van der Waals surface area contributed by atoms with Crippen molar-refractivity contribution in [3.63, 3.8) is 0 Å². The first-order valence-corrected chi connectivity index (χ1v) is 10.9. The van der Waals surface area contributed by atoms with Crippen LogP contribution in [-0.2, 0) is 5.41 Å². The molecule has 1 unspecified atom stereocenters. The highest BCUT2D eigenvalue weighted by Crippen LogP contribution is 2.35. The number of benzene rings is 2. The summed E-state index contributed by atoms with van der Waals surface area (Å²) in [5.74, 6) is 0.0411. The Morgan fingerprint density at radius 1 is 1.06 bits per heavy atom. The third-order valence-electron chi connectivity index (χ3n) is 6.12. The molecule has 6 nitrogen and oxygen atoms in total. The molecule has 4 rings (SSSR count). The molecule has 0 radical (unpaired) electrons. The van der Waals surface area contributed by atoms with Gasteiger partial charge in [0.1, 0.15) is 13.2 Å². The fourth-order valence-electron chi connectivity index (χ4n) is 4.08. The Morgan fingerprint density at radius 2 is 1.84 bits per heavy atom. The quantitative estimate of drug-likeness (QED) is 0.709. The van der Waals surface area contributed by atoms with Crippen molar-refractivity contribution in [3.05, 3.63) is 53.6 Å². The van der Waals surface area contributed by atoms with Crippen LogP contribution in [0.2, 0.25) is 0 Å². The Bertz CT molecular complexity index is 983. The van der Waals surface area contributed by atoms with Crippen molar-refractivity contribution < 1.29 is 23.0 Å². The van der Waals surface area contributed by atoms with Crippen LogP contribution in [0.1, 0.15) is 25.8 Å². The van der Waals surface area contributed by atoms with Gasteiger partial charge in [0.05, 0.1) is 0 Å². The van der Waals surface area contributed by atoms with Gasteiger partial charge in [0.25, 0.3) is 0 Å². The topological polar surface area (TPSA) is 62.8 Å². The number of anilines is 1. The molecule has 1 fully saturated rings. The average Bonchev–Trinajstić information content (AvgIpc) is 3.27. The van der Waals surface area contributed by atoms with Gasteiger partial charge in [0.15, 0.2) is 23.1 Å². The summed E-state index contributed by atoms with van der Waals surface area (Å²) < 4.78 is 37.9. The van der Waals surface area contributed by atoms with Crippen molar-refractivity contribution in [1.82, 2.24) is 10.6 Å². The van der Waals surface area contributed by atoms with Crippen molar-refractivity contribution in [1.29, 1.82) is 0 Å². The molecular weight excluding hydrogens is 416 g/mol. The first kappa shape index (κ1) is 22.2. The number of ether oxygens (including phenoxy) is 2. The molecule has 2 aliphatic heterocycles. The van der Waals surface area contributed by atoms with Gasteiger partial charge in [-0.2, -0.15) is 0 Å². The third kappa shape index (κ3) is 5.06. The van der Waals surface area contributed by atoms with Crippen LogP contribution in [0.15, 0.2) is 36.4 Å². The number of halogens is 2. The van der Waals surface area contributed by atoms with E-state index in [0.717, 1.165) is 36.1 Å². The first-order chi connectivity index (χ1) is 15.3. The Kier molecular flexibility index (Phi) is 6.39. The smallest absolute Gasteiger partial charge is 0.314 e. The van der Waals surface area contributed by atoms with E-state index in [0.29, 0.717) is 38.5 Å². The maximum atomic E-state index is 13.5. The number of rotatable bonds is 6. The van der Waals surface area contributed by atoms with E-state index in [9.17, 15) is 13.6 Å². The summed E-state index contributed by atoms with van der Waals surface area (Å²) in [4.78, 5) is 14.4. The highest BCUT2D eigenvalue weighted by molar-refractivity contribution is 5.74. The Hall–Kier alpha value is -3.03. The van der Waals surface area contributed by atoms with Crippen molar-refractivity contribution in [2.75, 3.05) is 44.3 Å². The summed E-state index contributed by atoms with van der Waals surface area (Å²) >= 11 is 0. The first-order valence-electron chi connectivity index (χ1n) is 10.9. The van der Waals surface area contributed by atoms with Gasteiger partial charge in [0, 0.05) is 43.3 Å². The van der Waals surface area contributed by atoms with E-state index in [1.165, 1.54) is 6.07 Å². The van der Waals surface area contributed by atoms with Crippen LogP contribution in [0.3, 0.4) is 0 Å². The fourth-order valence-corrected chi connectivity index (χ4v) is 4.08. The summed E-state index contributed by atoms with van der Waals surface area (Å²) in [5.41, 5.74) is 1.43. The molecule has 0 aromatic heterocycles. The lowest BCUT2D eigenvalue weighted by molar-refractivity contribution is 0.171. The van der Waals surface area contributed by atoms with Crippen molar-refractivity contribution in [3.8, 4) is 11.5 Å². The average molecular weight is 446 g/mol. The number of nitrogens with one attached hydrogen (secondary N) is 2. The molecule has 2 N–H and O–H groups in total. The molecule has 2 aromatic carbocycles. The second-order valence-electron chi connectivity index (χ2n) is 9.01. The molecule has 0 spiro atoms. The highest BCUT2D eigenvalue weighted by Gasteiger charge is 2.26. The zero-order valence-corrected chi connectivity index (χ0v) is 18.4. The predicted molar refractivity (Wildman–Crippen MR) is 119 cm³/mol. The number of hydrogen-bond acceptors (Lipinski definition) is 4. The van der Waals surface area contributed by atoms with Crippen LogP contribution in [0, 0.1) is 17.6 Å². The molecule has 2 heterocycles. The zero-order chi connectivity index (χ0) is 22.7. The van der Waals surface area contributed by atoms with Crippen molar-refractivity contribution >= 4 is 11.7 Å². The predicted octanol–water partition coefficient (Wildman–Crippen LogP) is 3.84. The van der Waals surface area contributed by atoms with Gasteiger partial charge in [-0.05, 0) is 42.2 Å². The lowest BCUT2D eigenvalue weighted by Gasteiger charge is -2.28. The number of fused-ring (bicyclic) bond motifs is 1. The maximum absolute atomic E-state index is 13.5. The van der Waals surface area contributed by atoms with Crippen molar-refractivity contribution in [2.24, 2.45) is 5.92 Å². The van der Waals surface area contributed by atoms with Crippen LogP contribution in [-0.4, -0.2) is 45.4 Å². The van der Waals surface area contributed by atoms with Gasteiger partial charge < -0.3 is 25.0 Å². The van der Waals surface area contributed by atoms with Gasteiger partial charge in [-0.1, -0.05) is 19.9 Å². The van der Waals surface area contributed by atoms with Gasteiger partial charge in [-0.15, -0.1) is 0 Å². The monoisotopic (exact) mass is 445 g/mol. The number of carbonyl (C=O) groups is 1. The van der Waals surface area contributed by atoms with Crippen LogP contribution in [0.4, 0.5) is 19.3 Å². The van der Waals surface area contributed by atoms with Crippen LogP contribution in [0.5, 0.6) is 11.5 Å². The van der Waals surface area contributed by atoms with E-state index in [4.69, 9.17) is 9.47 Å². The summed E-state index contributed by atoms with van der Waals surface area (Å²) in [7, 11) is 0. The van der Waals surface area contributed by atoms with Crippen LogP contribution in [0.25, 0.3) is 0 Å². The third-order valence-corrected chi connectivity index (χ3v) is 6.12. The molecule has 0 aliphatic carbocycles. The van der Waals surface area contributed by atoms with Gasteiger partial charge in [-0.25, -0.2) is 13.6 Å². The molecule has 2 amide bonds. The van der Waals surface area contributed by atoms with E-state index < -0.39 is 11.6 Å². The molecule has 1 atom stereocenters. The number of urea groups is 1. The normalized spacial score (nSPS) is 17.9. The highest BCUT2D eigenvalue weighted by atomic mass is 19.2. The van der Waals surface area contributed by atoms with E-state index in [2.05, 4.69) is 24.5 Å². The number of nitrogens with zero attached hydrogens (tertiary/aromatic N) is 1. The molecule has 172 valence electrons. The number of carbonyl (C=O) groups excluding carboxylic acids is 1. The molecule has 8 heteroatoms. The molecule has 0 saturated carbocycles. The summed E-state index contributed by atoms with van der Waals surface area (Å²) in [6.45, 7) is 7.64. The largest absolute Gasteiger partial charge is 0.486 e. The minimum atomic E-state index is -0.845. The second-order valence-corrected chi connectivity index (χ2v) is 9.01. The summed E-state index contributed by atoms with van der Waals surface area (Å²) in [6, 6.07) is 9.61. The minimum absolute atomic E-state index is 0.220. The van der Waals surface area contributed by atoms with E-state index in [-0.39, 0.29) is 17.4 Å². The summed E-state index contributed by atoms with van der Waals surface area (Å²) in [5, 5.41) is 5.89. The van der Waals surface area contributed by atoms with Crippen LogP contribution >= 0.6 is 0 Å². The van der Waals surface area contributed by atoms with Crippen molar-refractivity contribution in [2.45, 2.75) is 25.7 Å². The molecule has 2 aromatic rings. The lowest BCUT2D eigenvalue weighted by Crippen LogP contribution is -2.44. The molecule has 1 saturated heterocycles. The van der Waals surface area contributed by atoms with Gasteiger partial charge >= 0.3 is 6.03 Å². The van der Waals surface area contributed by atoms with Gasteiger partial charge in [0.2, 0.25) is 0 Å². The summed E-state index contributed by atoms with van der Waals surface area (Å²) in [6.07, 6.45) is 0.877. The number of amides is 2. The zero-order valence-electron chi connectivity index (χ0n) is 18.4. The molecule has 32 heavy (non-hydrogen) atoms. The lowest BCUT2D eigenvalue weighted by atomic mass is 9.84. The molecular formula is C24H29F2N3O3. The minimum Gasteiger partial charge on any atom is -0.486 e. The SMILES string of the molecule is CC(C)(CNC(=O)NCC1CCN(c2ccc(F)c(F)c2)C1)c1ccc2c(c1)OCCO2. The Morgan fingerprint density at radius 3 is 2.62 bits per heavy atom. The Balaban J connectivity index is 1.24. The number of hydrogen-bond donors (Lipinski definition) is 2. The fraction of sp³-hybridized carbons (Fsp3) is 0.458. The van der Waals surface area contributed by atoms with Crippen LogP contribution < -0.4 is 25.0 Å². The second kappa shape index (κ2) is 9.22. The molecule has 0 bridgehead atoms. The maximum Gasteiger partial charge on any atom is 0.314 e.